The number of benzene rings is 1. The summed E-state index contributed by atoms with van der Waals surface area (Å²) in [4.78, 5) is 52.5. The highest BCUT2D eigenvalue weighted by Crippen LogP contribution is 2.32. The van der Waals surface area contributed by atoms with Crippen LogP contribution in [0.2, 0.25) is 0 Å². The summed E-state index contributed by atoms with van der Waals surface area (Å²) in [5.74, 6) is -0.697. The number of ether oxygens (including phenoxy) is 5. The van der Waals surface area contributed by atoms with Gasteiger partial charge in [-0.25, -0.2) is 14.4 Å². The van der Waals surface area contributed by atoms with Gasteiger partial charge in [0.15, 0.2) is 6.29 Å². The number of hydrogen-bond donors (Lipinski definition) is 3. The normalized spacial score (nSPS) is 19.0. The predicted octanol–water partition coefficient (Wildman–Crippen LogP) is 7.57. The molecule has 1 saturated carbocycles. The van der Waals surface area contributed by atoms with E-state index in [0.717, 1.165) is 50.5 Å². The molecule has 2 fully saturated rings. The molecule has 3 N–H and O–H groups in total. The van der Waals surface area contributed by atoms with Gasteiger partial charge in [-0.1, -0.05) is 76.3 Å². The van der Waals surface area contributed by atoms with Crippen LogP contribution >= 0.6 is 0 Å². The van der Waals surface area contributed by atoms with Crippen LogP contribution in [0.1, 0.15) is 130 Å². The van der Waals surface area contributed by atoms with Crippen molar-refractivity contribution in [1.82, 2.24) is 16.0 Å². The van der Waals surface area contributed by atoms with Gasteiger partial charge >= 0.3 is 18.2 Å². The van der Waals surface area contributed by atoms with Gasteiger partial charge in [0.2, 0.25) is 5.91 Å². The highest BCUT2D eigenvalue weighted by molar-refractivity contribution is 5.85. The van der Waals surface area contributed by atoms with E-state index in [1.807, 2.05) is 51.1 Å². The van der Waals surface area contributed by atoms with Crippen LogP contribution < -0.4 is 16.0 Å². The third-order valence-corrected chi connectivity index (χ3v) is 9.77. The Morgan fingerprint density at radius 1 is 0.887 bits per heavy atom. The maximum absolute atomic E-state index is 14.1. The van der Waals surface area contributed by atoms with Crippen LogP contribution in [0.4, 0.5) is 9.59 Å². The van der Waals surface area contributed by atoms with E-state index in [4.69, 9.17) is 23.7 Å². The number of carbonyl (C=O) groups excluding carboxylic acids is 4. The average molecular weight is 746 g/mol. The topological polar surface area (TPSA) is 151 Å². The smallest absolute Gasteiger partial charge is 0.407 e. The van der Waals surface area contributed by atoms with Gasteiger partial charge in [-0.05, 0) is 96.0 Å². The van der Waals surface area contributed by atoms with Gasteiger partial charge < -0.3 is 39.6 Å². The number of esters is 1. The van der Waals surface area contributed by atoms with Crippen molar-refractivity contribution >= 4 is 24.1 Å². The minimum atomic E-state index is -0.855. The van der Waals surface area contributed by atoms with E-state index in [-0.39, 0.29) is 18.4 Å². The summed E-state index contributed by atoms with van der Waals surface area (Å²) in [6.45, 7) is 10.8. The van der Waals surface area contributed by atoms with Gasteiger partial charge in [-0.2, -0.15) is 0 Å². The van der Waals surface area contributed by atoms with E-state index in [1.54, 1.807) is 0 Å². The fraction of sp³-hybridized carbons (Fsp3) is 0.756. The zero-order chi connectivity index (χ0) is 38.6. The fourth-order valence-corrected chi connectivity index (χ4v) is 7.15. The number of alkyl carbamates (subject to hydrolysis) is 2. The fourth-order valence-electron chi connectivity index (χ4n) is 7.15. The molecule has 12 heteroatoms. The summed E-state index contributed by atoms with van der Waals surface area (Å²) in [5, 5.41) is 8.89. The number of hydrogen-bond acceptors (Lipinski definition) is 9. The van der Waals surface area contributed by atoms with Crippen LogP contribution in [0, 0.1) is 17.8 Å². The summed E-state index contributed by atoms with van der Waals surface area (Å²) >= 11 is 0. The number of carbonyl (C=O) groups is 4. The Bertz CT molecular complexity index is 1230. The van der Waals surface area contributed by atoms with Crippen LogP contribution in [-0.2, 0) is 39.9 Å². The number of amides is 3. The number of unbranched alkanes of at least 4 members (excludes halogenated alkanes) is 1. The monoisotopic (exact) mass is 745 g/mol. The van der Waals surface area contributed by atoms with Crippen molar-refractivity contribution in [3.8, 4) is 0 Å². The lowest BCUT2D eigenvalue weighted by atomic mass is 9.81. The lowest BCUT2D eigenvalue weighted by Gasteiger charge is -2.37. The van der Waals surface area contributed by atoms with Crippen molar-refractivity contribution in [2.24, 2.45) is 17.8 Å². The largest absolute Gasteiger partial charge is 0.467 e. The van der Waals surface area contributed by atoms with Gasteiger partial charge in [-0.15, -0.1) is 0 Å². The SMILES string of the molecule is COC(=O)[C@H](CCCCNC(=O)OCc1ccccc1)NC(=O)[C@H](CC(C)C)C[C@H](OC1CCCCO1)[C@H](CC1CCCCC1)NC(=O)OC(C)(C)C. The van der Waals surface area contributed by atoms with Crippen molar-refractivity contribution in [2.75, 3.05) is 20.3 Å². The highest BCUT2D eigenvalue weighted by atomic mass is 16.7. The Labute approximate surface area is 317 Å². The summed E-state index contributed by atoms with van der Waals surface area (Å²) in [6, 6.07) is 8.18. The van der Waals surface area contributed by atoms with Crippen molar-refractivity contribution in [3.05, 3.63) is 35.9 Å². The third kappa shape index (κ3) is 18.0. The molecule has 53 heavy (non-hydrogen) atoms. The van der Waals surface area contributed by atoms with E-state index in [9.17, 15) is 19.2 Å². The minimum Gasteiger partial charge on any atom is -0.467 e. The molecule has 1 heterocycles. The summed E-state index contributed by atoms with van der Waals surface area (Å²) in [6.07, 6.45) is 9.48. The average Bonchev–Trinajstić information content (AvgIpc) is 3.12. The molecule has 12 nitrogen and oxygen atoms in total. The first-order chi connectivity index (χ1) is 25.3. The molecule has 1 aliphatic carbocycles. The van der Waals surface area contributed by atoms with Crippen molar-refractivity contribution in [1.29, 1.82) is 0 Å². The van der Waals surface area contributed by atoms with E-state index in [1.165, 1.54) is 13.5 Å². The zero-order valence-corrected chi connectivity index (χ0v) is 33.1. The lowest BCUT2D eigenvalue weighted by molar-refractivity contribution is -0.198. The van der Waals surface area contributed by atoms with E-state index in [0.29, 0.717) is 57.6 Å². The number of rotatable bonds is 20. The molecule has 300 valence electrons. The highest BCUT2D eigenvalue weighted by Gasteiger charge is 2.36. The second-order valence-corrected chi connectivity index (χ2v) is 16.1. The molecule has 1 unspecified atom stereocenters. The predicted molar refractivity (Wildman–Crippen MR) is 203 cm³/mol. The standard InChI is InChI=1S/C41H67N3O9/c1-29(2)25-32(37(45)43-33(38(46)49-6)21-13-15-23-42-39(47)51-28-31-19-11-8-12-20-31)27-35(52-36-22-14-16-24-50-36)34(26-30-17-9-7-10-18-30)44-40(48)53-41(3,4)5/h8,11-12,19-20,29-30,32-36H,7,9-10,13-18,21-28H2,1-6H3,(H,42,47)(H,43,45)(H,44,48)/t32-,33+,34+,35+,36?/m1/s1. The van der Waals surface area contributed by atoms with Crippen molar-refractivity contribution in [3.63, 3.8) is 0 Å². The maximum atomic E-state index is 14.1. The first-order valence-corrected chi connectivity index (χ1v) is 19.9. The summed E-state index contributed by atoms with van der Waals surface area (Å²) in [7, 11) is 1.31. The van der Waals surface area contributed by atoms with E-state index < -0.39 is 54.2 Å². The zero-order valence-electron chi connectivity index (χ0n) is 33.1. The molecule has 0 bridgehead atoms. The number of methoxy groups -OCH3 is 1. The second-order valence-electron chi connectivity index (χ2n) is 16.1. The van der Waals surface area contributed by atoms with Gasteiger partial charge in [0.1, 0.15) is 18.2 Å². The molecular weight excluding hydrogens is 678 g/mol. The molecule has 5 atom stereocenters. The molecule has 1 aromatic carbocycles. The molecule has 2 aliphatic rings. The van der Waals surface area contributed by atoms with E-state index >= 15 is 0 Å². The van der Waals surface area contributed by atoms with Gasteiger partial charge in [-0.3, -0.25) is 4.79 Å². The Morgan fingerprint density at radius 3 is 2.25 bits per heavy atom. The van der Waals surface area contributed by atoms with Gasteiger partial charge in [0.25, 0.3) is 0 Å². The molecule has 0 spiro atoms. The summed E-state index contributed by atoms with van der Waals surface area (Å²) < 4.78 is 28.8. The molecule has 0 radical (unpaired) electrons. The van der Waals surface area contributed by atoms with Gasteiger partial charge in [0, 0.05) is 19.1 Å². The quantitative estimate of drug-likeness (QED) is 0.0698. The van der Waals surface area contributed by atoms with Gasteiger partial charge in [0.05, 0.1) is 19.3 Å². The Hall–Kier alpha value is -3.38. The van der Waals surface area contributed by atoms with Crippen LogP contribution in [0.25, 0.3) is 0 Å². The van der Waals surface area contributed by atoms with Crippen molar-refractivity contribution < 1.29 is 42.9 Å². The first-order valence-electron chi connectivity index (χ1n) is 19.9. The van der Waals surface area contributed by atoms with Crippen LogP contribution in [0.3, 0.4) is 0 Å². The molecule has 3 rings (SSSR count). The Morgan fingerprint density at radius 2 is 1.60 bits per heavy atom. The van der Waals surface area contributed by atoms with Crippen LogP contribution in [0.15, 0.2) is 30.3 Å². The molecule has 1 saturated heterocycles. The Balaban J connectivity index is 1.70. The van der Waals surface area contributed by atoms with Crippen molar-refractivity contribution in [2.45, 2.75) is 161 Å². The van der Waals surface area contributed by atoms with Crippen LogP contribution in [0.5, 0.6) is 0 Å². The Kier molecular flexibility index (Phi) is 19.4. The maximum Gasteiger partial charge on any atom is 0.407 e. The molecular formula is C41H67N3O9. The molecule has 1 aromatic rings. The first kappa shape index (κ1) is 44.0. The minimum absolute atomic E-state index is 0.178. The lowest BCUT2D eigenvalue weighted by Crippen LogP contribution is -2.51. The molecule has 1 aliphatic heterocycles. The molecule has 0 aromatic heterocycles. The van der Waals surface area contributed by atoms with E-state index in [2.05, 4.69) is 29.8 Å². The van der Waals surface area contributed by atoms with Crippen LogP contribution in [-0.4, -0.2) is 74.4 Å². The third-order valence-electron chi connectivity index (χ3n) is 9.77. The molecule has 3 amide bonds. The number of nitrogens with one attached hydrogen (secondary N) is 3. The summed E-state index contributed by atoms with van der Waals surface area (Å²) in [5.41, 5.74) is 0.224. The second kappa shape index (κ2) is 23.4.